The lowest BCUT2D eigenvalue weighted by Gasteiger charge is -2.18. The Hall–Kier alpha value is -1.31. The second-order valence-electron chi connectivity index (χ2n) is 4.41. The molecule has 0 radical (unpaired) electrons. The Morgan fingerprint density at radius 3 is 2.56 bits per heavy atom. The van der Waals surface area contributed by atoms with Crippen LogP contribution in [0, 0.1) is 5.92 Å². The van der Waals surface area contributed by atoms with Gasteiger partial charge in [-0.2, -0.15) is 0 Å². The molecule has 0 atom stereocenters. The summed E-state index contributed by atoms with van der Waals surface area (Å²) in [5.74, 6) is 1.52. The van der Waals surface area contributed by atoms with Crippen molar-refractivity contribution in [1.82, 2.24) is 4.90 Å². The van der Waals surface area contributed by atoms with E-state index in [4.69, 9.17) is 0 Å². The summed E-state index contributed by atoms with van der Waals surface area (Å²) in [6.07, 6.45) is 5.19. The second-order valence-corrected chi connectivity index (χ2v) is 4.41. The summed E-state index contributed by atoms with van der Waals surface area (Å²) in [7, 11) is 3.87. The van der Waals surface area contributed by atoms with Crippen LogP contribution in [0.25, 0.3) is 0 Å². The van der Waals surface area contributed by atoms with Crippen LogP contribution in [0.2, 0.25) is 0 Å². The number of nitrogens with zero attached hydrogens (tertiary/aromatic N) is 2. The zero-order chi connectivity index (χ0) is 12.3. The molecule has 0 aromatic carbocycles. The van der Waals surface area contributed by atoms with Gasteiger partial charge in [0, 0.05) is 25.9 Å². The fourth-order valence-electron chi connectivity index (χ4n) is 2.11. The Balaban J connectivity index is 3.28. The van der Waals surface area contributed by atoms with Gasteiger partial charge in [0.05, 0.1) is 0 Å². The molecule has 0 spiro atoms. The van der Waals surface area contributed by atoms with Gasteiger partial charge < -0.3 is 4.90 Å². The van der Waals surface area contributed by atoms with E-state index in [1.54, 1.807) is 0 Å². The van der Waals surface area contributed by atoms with Gasteiger partial charge in [0.1, 0.15) is 5.84 Å². The molecular formula is C14H22N2. The van der Waals surface area contributed by atoms with E-state index in [0.717, 1.165) is 12.3 Å². The van der Waals surface area contributed by atoms with Crippen molar-refractivity contribution < 1.29 is 0 Å². The number of amidine groups is 1. The SMILES string of the molecule is C=C(CC)/C(=C1/C=CN(C)C1=NC)C(C)C. The van der Waals surface area contributed by atoms with Crippen LogP contribution in [0.3, 0.4) is 0 Å². The summed E-state index contributed by atoms with van der Waals surface area (Å²) < 4.78 is 0. The van der Waals surface area contributed by atoms with Crippen molar-refractivity contribution in [2.45, 2.75) is 27.2 Å². The molecule has 1 aliphatic rings. The van der Waals surface area contributed by atoms with Gasteiger partial charge in [0.15, 0.2) is 0 Å². The van der Waals surface area contributed by atoms with E-state index < -0.39 is 0 Å². The van der Waals surface area contributed by atoms with Gasteiger partial charge in [0.25, 0.3) is 0 Å². The lowest BCUT2D eigenvalue weighted by atomic mass is 9.89. The average molecular weight is 218 g/mol. The molecule has 0 amide bonds. The first-order valence-electron chi connectivity index (χ1n) is 5.83. The topological polar surface area (TPSA) is 15.6 Å². The summed E-state index contributed by atoms with van der Waals surface area (Å²) in [6.45, 7) is 10.7. The molecule has 16 heavy (non-hydrogen) atoms. The molecule has 1 aliphatic heterocycles. The van der Waals surface area contributed by atoms with Gasteiger partial charge in [-0.15, -0.1) is 0 Å². The predicted molar refractivity (Wildman–Crippen MR) is 71.6 cm³/mol. The molecule has 0 unspecified atom stereocenters. The van der Waals surface area contributed by atoms with Crippen molar-refractivity contribution in [1.29, 1.82) is 0 Å². The summed E-state index contributed by atoms with van der Waals surface area (Å²) in [6, 6.07) is 0. The molecule has 0 aromatic rings. The third kappa shape index (κ3) is 2.26. The Morgan fingerprint density at radius 1 is 1.50 bits per heavy atom. The fourth-order valence-corrected chi connectivity index (χ4v) is 2.11. The van der Waals surface area contributed by atoms with E-state index in [-0.39, 0.29) is 0 Å². The summed E-state index contributed by atoms with van der Waals surface area (Å²) in [5.41, 5.74) is 3.78. The van der Waals surface area contributed by atoms with Crippen molar-refractivity contribution in [2.24, 2.45) is 10.9 Å². The van der Waals surface area contributed by atoms with Gasteiger partial charge in [-0.25, -0.2) is 0 Å². The maximum absolute atomic E-state index is 4.35. The standard InChI is InChI=1S/C14H22N2/c1-7-11(4)13(10(2)3)12-8-9-16(6)14(12)15-5/h8-10H,4,7H2,1-3,5-6H3/b13-12-,15-14?. The zero-order valence-corrected chi connectivity index (χ0v) is 11.0. The lowest BCUT2D eigenvalue weighted by molar-refractivity contribution is 0.700. The molecule has 0 N–H and O–H groups in total. The number of rotatable bonds is 3. The zero-order valence-electron chi connectivity index (χ0n) is 11.0. The normalized spacial score (nSPS) is 21.1. The average Bonchev–Trinajstić information content (AvgIpc) is 2.59. The Bertz CT molecular complexity index is 370. The van der Waals surface area contributed by atoms with Gasteiger partial charge in [-0.1, -0.05) is 32.9 Å². The highest BCUT2D eigenvalue weighted by Gasteiger charge is 2.21. The summed E-state index contributed by atoms with van der Waals surface area (Å²) in [4.78, 5) is 6.41. The second kappa shape index (κ2) is 5.15. The van der Waals surface area contributed by atoms with Crippen LogP contribution < -0.4 is 0 Å². The molecular weight excluding hydrogens is 196 g/mol. The molecule has 1 rings (SSSR count). The van der Waals surface area contributed by atoms with Crippen molar-refractivity contribution >= 4 is 5.84 Å². The third-order valence-electron chi connectivity index (χ3n) is 2.93. The highest BCUT2D eigenvalue weighted by molar-refractivity contribution is 6.04. The monoisotopic (exact) mass is 218 g/mol. The van der Waals surface area contributed by atoms with Crippen molar-refractivity contribution in [3.05, 3.63) is 35.6 Å². The summed E-state index contributed by atoms with van der Waals surface area (Å²) in [5, 5.41) is 0. The lowest BCUT2D eigenvalue weighted by Crippen LogP contribution is -2.19. The van der Waals surface area contributed by atoms with Crippen LogP contribution >= 0.6 is 0 Å². The quantitative estimate of drug-likeness (QED) is 0.709. The minimum absolute atomic E-state index is 0.482. The van der Waals surface area contributed by atoms with E-state index in [1.165, 1.54) is 16.7 Å². The molecule has 0 fully saturated rings. The molecule has 2 nitrogen and oxygen atoms in total. The number of allylic oxidation sites excluding steroid dienone is 2. The summed E-state index contributed by atoms with van der Waals surface area (Å²) >= 11 is 0. The highest BCUT2D eigenvalue weighted by Crippen LogP contribution is 2.29. The first-order chi connectivity index (χ1) is 7.52. The molecule has 0 bridgehead atoms. The van der Waals surface area contributed by atoms with Crippen molar-refractivity contribution in [3.8, 4) is 0 Å². The molecule has 2 heteroatoms. The van der Waals surface area contributed by atoms with E-state index in [0.29, 0.717) is 5.92 Å². The number of hydrogen-bond acceptors (Lipinski definition) is 1. The van der Waals surface area contributed by atoms with Crippen LogP contribution in [0.1, 0.15) is 27.2 Å². The van der Waals surface area contributed by atoms with Crippen LogP contribution in [-0.4, -0.2) is 24.8 Å². The molecule has 0 aliphatic carbocycles. The minimum Gasteiger partial charge on any atom is -0.336 e. The largest absolute Gasteiger partial charge is 0.336 e. The molecule has 1 heterocycles. The smallest absolute Gasteiger partial charge is 0.134 e. The van der Waals surface area contributed by atoms with Crippen LogP contribution in [0.5, 0.6) is 0 Å². The molecule has 0 saturated carbocycles. The van der Waals surface area contributed by atoms with Crippen molar-refractivity contribution in [3.63, 3.8) is 0 Å². The van der Waals surface area contributed by atoms with Crippen LogP contribution in [0.4, 0.5) is 0 Å². The Morgan fingerprint density at radius 2 is 2.12 bits per heavy atom. The van der Waals surface area contributed by atoms with Crippen LogP contribution in [-0.2, 0) is 0 Å². The maximum atomic E-state index is 4.35. The molecule has 88 valence electrons. The van der Waals surface area contributed by atoms with Gasteiger partial charge in [-0.3, -0.25) is 4.99 Å². The Labute approximate surface area is 99.1 Å². The van der Waals surface area contributed by atoms with Crippen molar-refractivity contribution in [2.75, 3.05) is 14.1 Å². The third-order valence-corrected chi connectivity index (χ3v) is 2.93. The van der Waals surface area contributed by atoms with E-state index in [9.17, 15) is 0 Å². The predicted octanol–water partition coefficient (Wildman–Crippen LogP) is 3.39. The first-order valence-corrected chi connectivity index (χ1v) is 5.83. The van der Waals surface area contributed by atoms with Gasteiger partial charge in [-0.05, 0) is 24.0 Å². The molecule has 0 saturated heterocycles. The minimum atomic E-state index is 0.482. The van der Waals surface area contributed by atoms with Crippen LogP contribution in [0.15, 0.2) is 40.6 Å². The van der Waals surface area contributed by atoms with Gasteiger partial charge >= 0.3 is 0 Å². The number of likely N-dealkylation sites (N-methyl/N-ethyl adjacent to an activating group) is 1. The number of hydrogen-bond donors (Lipinski definition) is 0. The number of aliphatic imine (C=N–C) groups is 1. The Kier molecular flexibility index (Phi) is 4.11. The van der Waals surface area contributed by atoms with E-state index >= 15 is 0 Å². The van der Waals surface area contributed by atoms with E-state index in [1.807, 2.05) is 14.1 Å². The highest BCUT2D eigenvalue weighted by atomic mass is 15.2. The van der Waals surface area contributed by atoms with Gasteiger partial charge in [0.2, 0.25) is 0 Å². The first kappa shape index (κ1) is 12.8. The maximum Gasteiger partial charge on any atom is 0.134 e. The molecule has 0 aromatic heterocycles. The van der Waals surface area contributed by atoms with E-state index in [2.05, 4.69) is 49.5 Å². The fraction of sp³-hybridized carbons (Fsp3) is 0.500.